The molecular formula is C8H18N2O. The Kier molecular flexibility index (Phi) is 3.30. The summed E-state index contributed by atoms with van der Waals surface area (Å²) in [5, 5.41) is 0. The number of hydrogen-bond acceptors (Lipinski definition) is 3. The second kappa shape index (κ2) is 4.04. The van der Waals surface area contributed by atoms with E-state index in [4.69, 9.17) is 4.74 Å². The van der Waals surface area contributed by atoms with E-state index in [0.717, 1.165) is 26.3 Å². The summed E-state index contributed by atoms with van der Waals surface area (Å²) in [7, 11) is 6.36. The summed E-state index contributed by atoms with van der Waals surface area (Å²) in [5.74, 6) is 0. The van der Waals surface area contributed by atoms with Crippen molar-refractivity contribution in [3.05, 3.63) is 0 Å². The third kappa shape index (κ3) is 2.77. The monoisotopic (exact) mass is 158 g/mol. The average Bonchev–Trinajstić information content (AvgIpc) is 1.93. The number of hydrogen-bond donors (Lipinski definition) is 0. The van der Waals surface area contributed by atoms with Gasteiger partial charge in [0.15, 0.2) is 0 Å². The topological polar surface area (TPSA) is 15.7 Å². The van der Waals surface area contributed by atoms with Crippen molar-refractivity contribution in [2.45, 2.75) is 6.04 Å². The lowest BCUT2D eigenvalue weighted by Gasteiger charge is -2.33. The van der Waals surface area contributed by atoms with Crippen LogP contribution in [0, 0.1) is 0 Å². The van der Waals surface area contributed by atoms with Gasteiger partial charge < -0.3 is 9.64 Å². The molecule has 11 heavy (non-hydrogen) atoms. The maximum atomic E-state index is 5.39. The van der Waals surface area contributed by atoms with E-state index in [1.165, 1.54) is 0 Å². The van der Waals surface area contributed by atoms with E-state index in [-0.39, 0.29) is 0 Å². The third-order valence-electron chi connectivity index (χ3n) is 2.10. The fourth-order valence-corrected chi connectivity index (χ4v) is 1.35. The molecule has 1 atom stereocenters. The van der Waals surface area contributed by atoms with E-state index in [0.29, 0.717) is 6.04 Å². The first kappa shape index (κ1) is 8.97. The molecule has 66 valence electrons. The molecule has 0 spiro atoms. The smallest absolute Gasteiger partial charge is 0.0634 e. The molecule has 1 unspecified atom stereocenters. The van der Waals surface area contributed by atoms with Crippen LogP contribution in [0.1, 0.15) is 0 Å². The van der Waals surface area contributed by atoms with Gasteiger partial charge in [0.2, 0.25) is 0 Å². The maximum Gasteiger partial charge on any atom is 0.0634 e. The fourth-order valence-electron chi connectivity index (χ4n) is 1.35. The number of nitrogens with zero attached hydrogens (tertiary/aromatic N) is 2. The van der Waals surface area contributed by atoms with Gasteiger partial charge in [0, 0.05) is 19.1 Å². The molecule has 0 bridgehead atoms. The molecule has 0 aliphatic carbocycles. The van der Waals surface area contributed by atoms with Crippen molar-refractivity contribution >= 4 is 0 Å². The Morgan fingerprint density at radius 1 is 1.55 bits per heavy atom. The number of rotatable bonds is 2. The Morgan fingerprint density at radius 2 is 2.27 bits per heavy atom. The van der Waals surface area contributed by atoms with Crippen molar-refractivity contribution in [3.63, 3.8) is 0 Å². The summed E-state index contributed by atoms with van der Waals surface area (Å²) < 4.78 is 5.39. The molecule has 1 fully saturated rings. The van der Waals surface area contributed by atoms with Crippen LogP contribution in [-0.4, -0.2) is 63.3 Å². The van der Waals surface area contributed by atoms with Crippen LogP contribution in [0.4, 0.5) is 0 Å². The molecule has 0 radical (unpaired) electrons. The minimum atomic E-state index is 0.582. The summed E-state index contributed by atoms with van der Waals surface area (Å²) in [6.45, 7) is 3.93. The van der Waals surface area contributed by atoms with Crippen molar-refractivity contribution in [3.8, 4) is 0 Å². The minimum Gasteiger partial charge on any atom is -0.378 e. The number of ether oxygens (including phenoxy) is 1. The van der Waals surface area contributed by atoms with E-state index >= 15 is 0 Å². The average molecular weight is 158 g/mol. The quantitative estimate of drug-likeness (QED) is 0.557. The molecule has 1 aliphatic heterocycles. The van der Waals surface area contributed by atoms with Crippen molar-refractivity contribution < 1.29 is 4.74 Å². The summed E-state index contributed by atoms with van der Waals surface area (Å²) >= 11 is 0. The molecule has 0 aromatic carbocycles. The van der Waals surface area contributed by atoms with Gasteiger partial charge >= 0.3 is 0 Å². The summed E-state index contributed by atoms with van der Waals surface area (Å²) in [5.41, 5.74) is 0. The van der Waals surface area contributed by atoms with Gasteiger partial charge in [0.25, 0.3) is 0 Å². The zero-order valence-corrected chi connectivity index (χ0v) is 7.71. The molecule has 1 saturated heterocycles. The summed E-state index contributed by atoms with van der Waals surface area (Å²) in [4.78, 5) is 4.57. The molecule has 1 heterocycles. The lowest BCUT2D eigenvalue weighted by Crippen LogP contribution is -2.47. The molecule has 0 saturated carbocycles. The standard InChI is InChI=1S/C8H18N2O/c1-9(2)6-8-7-11-5-4-10(8)3/h8H,4-7H2,1-3H3. The van der Waals surface area contributed by atoms with Crippen LogP contribution in [0.2, 0.25) is 0 Å². The van der Waals surface area contributed by atoms with Crippen molar-refractivity contribution in [1.29, 1.82) is 0 Å². The second-order valence-electron chi connectivity index (χ2n) is 3.47. The Balaban J connectivity index is 2.29. The van der Waals surface area contributed by atoms with Gasteiger partial charge in [-0.3, -0.25) is 4.90 Å². The lowest BCUT2D eigenvalue weighted by atomic mass is 10.2. The Bertz CT molecular complexity index is 117. The molecule has 0 amide bonds. The number of morpholine rings is 1. The van der Waals surface area contributed by atoms with E-state index in [2.05, 4.69) is 30.9 Å². The molecule has 3 nitrogen and oxygen atoms in total. The second-order valence-corrected chi connectivity index (χ2v) is 3.47. The molecule has 0 aromatic heterocycles. The molecule has 0 aromatic rings. The van der Waals surface area contributed by atoms with Gasteiger partial charge in [-0.2, -0.15) is 0 Å². The first-order valence-corrected chi connectivity index (χ1v) is 4.13. The zero-order chi connectivity index (χ0) is 8.27. The van der Waals surface area contributed by atoms with Crippen LogP contribution in [-0.2, 0) is 4.74 Å². The Hall–Kier alpha value is -0.120. The van der Waals surface area contributed by atoms with Crippen molar-refractivity contribution in [1.82, 2.24) is 9.80 Å². The fraction of sp³-hybridized carbons (Fsp3) is 1.00. The van der Waals surface area contributed by atoms with E-state index in [1.54, 1.807) is 0 Å². The zero-order valence-electron chi connectivity index (χ0n) is 7.71. The van der Waals surface area contributed by atoms with Crippen molar-refractivity contribution in [2.24, 2.45) is 0 Å². The van der Waals surface area contributed by atoms with Gasteiger partial charge in [-0.05, 0) is 21.1 Å². The van der Waals surface area contributed by atoms with Gasteiger partial charge in [-0.25, -0.2) is 0 Å². The van der Waals surface area contributed by atoms with Crippen molar-refractivity contribution in [2.75, 3.05) is 47.4 Å². The maximum absolute atomic E-state index is 5.39. The van der Waals surface area contributed by atoms with Crippen LogP contribution in [0.15, 0.2) is 0 Å². The highest BCUT2D eigenvalue weighted by molar-refractivity contribution is 4.73. The predicted molar refractivity (Wildman–Crippen MR) is 45.8 cm³/mol. The largest absolute Gasteiger partial charge is 0.378 e. The van der Waals surface area contributed by atoms with Crippen LogP contribution < -0.4 is 0 Å². The lowest BCUT2D eigenvalue weighted by molar-refractivity contribution is -0.00245. The highest BCUT2D eigenvalue weighted by atomic mass is 16.5. The first-order chi connectivity index (χ1) is 5.20. The Labute approximate surface area is 68.9 Å². The molecule has 1 rings (SSSR count). The van der Waals surface area contributed by atoms with E-state index in [9.17, 15) is 0 Å². The number of likely N-dealkylation sites (N-methyl/N-ethyl adjacent to an activating group) is 2. The SMILES string of the molecule is CN(C)CC1COCCN1C. The van der Waals surface area contributed by atoms with Crippen LogP contribution in [0.25, 0.3) is 0 Å². The molecule has 3 heteroatoms. The van der Waals surface area contributed by atoms with Gasteiger partial charge in [-0.15, -0.1) is 0 Å². The van der Waals surface area contributed by atoms with Crippen LogP contribution in [0.3, 0.4) is 0 Å². The molecule has 1 aliphatic rings. The molecule has 0 N–H and O–H groups in total. The summed E-state index contributed by atoms with van der Waals surface area (Å²) in [6, 6.07) is 0.582. The normalized spacial score (nSPS) is 27.8. The highest BCUT2D eigenvalue weighted by Gasteiger charge is 2.19. The van der Waals surface area contributed by atoms with Gasteiger partial charge in [-0.1, -0.05) is 0 Å². The summed E-state index contributed by atoms with van der Waals surface area (Å²) in [6.07, 6.45) is 0. The van der Waals surface area contributed by atoms with Crippen LogP contribution >= 0.6 is 0 Å². The van der Waals surface area contributed by atoms with Crippen LogP contribution in [0.5, 0.6) is 0 Å². The van der Waals surface area contributed by atoms with E-state index in [1.807, 2.05) is 0 Å². The highest BCUT2D eigenvalue weighted by Crippen LogP contribution is 2.03. The van der Waals surface area contributed by atoms with E-state index < -0.39 is 0 Å². The predicted octanol–water partition coefficient (Wildman–Crippen LogP) is -0.121. The van der Waals surface area contributed by atoms with Gasteiger partial charge in [0.1, 0.15) is 0 Å². The minimum absolute atomic E-state index is 0.582. The third-order valence-corrected chi connectivity index (χ3v) is 2.10. The first-order valence-electron chi connectivity index (χ1n) is 4.13. The Morgan fingerprint density at radius 3 is 2.82 bits per heavy atom. The molecular weight excluding hydrogens is 140 g/mol. The van der Waals surface area contributed by atoms with Gasteiger partial charge in [0.05, 0.1) is 13.2 Å².